The largest absolute Gasteiger partial charge is 0.454 e. The number of anilines is 1. The summed E-state index contributed by atoms with van der Waals surface area (Å²) in [6, 6.07) is 6.65. The summed E-state index contributed by atoms with van der Waals surface area (Å²) in [4.78, 5) is 38.5. The number of ether oxygens (including phenoxy) is 1. The van der Waals surface area contributed by atoms with Crippen molar-refractivity contribution in [3.8, 4) is 22.8 Å². The number of nitrogens with zero attached hydrogens (tertiary/aromatic N) is 2. The monoisotopic (exact) mass is 472 g/mol. The van der Waals surface area contributed by atoms with E-state index in [2.05, 4.69) is 15.4 Å². The topological polar surface area (TPSA) is 106 Å². The van der Waals surface area contributed by atoms with Gasteiger partial charge in [-0.2, -0.15) is 5.10 Å². The lowest BCUT2D eigenvalue weighted by atomic mass is 9.72. The molecule has 164 valence electrons. The maximum Gasteiger partial charge on any atom is 0.344 e. The van der Waals surface area contributed by atoms with E-state index in [9.17, 15) is 14.4 Å². The highest BCUT2D eigenvalue weighted by atomic mass is 35.5. The number of aromatic nitrogens is 3. The van der Waals surface area contributed by atoms with E-state index in [1.54, 1.807) is 6.07 Å². The molecule has 0 fully saturated rings. The molecule has 0 bridgehead atoms. The highest BCUT2D eigenvalue weighted by Crippen LogP contribution is 2.50. The van der Waals surface area contributed by atoms with Crippen molar-refractivity contribution < 1.29 is 9.53 Å². The Labute approximate surface area is 192 Å². The van der Waals surface area contributed by atoms with Crippen molar-refractivity contribution in [1.29, 1.82) is 0 Å². The highest BCUT2D eigenvalue weighted by Gasteiger charge is 2.46. The number of amides is 1. The molecule has 2 heterocycles. The highest BCUT2D eigenvalue weighted by molar-refractivity contribution is 6.37. The number of rotatable bonds is 3. The lowest BCUT2D eigenvalue weighted by molar-refractivity contribution is -0.120. The zero-order valence-corrected chi connectivity index (χ0v) is 18.7. The fourth-order valence-electron chi connectivity index (χ4n) is 4.51. The molecule has 1 unspecified atom stereocenters. The maximum absolute atomic E-state index is 12.5. The van der Waals surface area contributed by atoms with E-state index in [1.165, 1.54) is 19.2 Å². The van der Waals surface area contributed by atoms with Crippen LogP contribution in [-0.4, -0.2) is 20.7 Å². The van der Waals surface area contributed by atoms with Gasteiger partial charge in [-0.15, -0.1) is 0 Å². The van der Waals surface area contributed by atoms with Gasteiger partial charge in [0.05, 0.1) is 15.5 Å². The van der Waals surface area contributed by atoms with Crippen molar-refractivity contribution in [1.82, 2.24) is 14.8 Å². The molecule has 1 amide bonds. The summed E-state index contributed by atoms with van der Waals surface area (Å²) in [5, 5.41) is 7.33. The molecule has 0 radical (unpaired) electrons. The van der Waals surface area contributed by atoms with Crippen LogP contribution >= 0.6 is 23.2 Å². The molecular weight excluding hydrogens is 455 g/mol. The lowest BCUT2D eigenvalue weighted by Gasteiger charge is -2.30. The number of halogens is 2. The Morgan fingerprint density at radius 2 is 1.88 bits per heavy atom. The molecule has 2 N–H and O–H groups in total. The van der Waals surface area contributed by atoms with Gasteiger partial charge in [0.1, 0.15) is 5.75 Å². The van der Waals surface area contributed by atoms with Crippen molar-refractivity contribution in [2.75, 3.05) is 5.32 Å². The average molecular weight is 473 g/mol. The Morgan fingerprint density at radius 1 is 1.16 bits per heavy atom. The normalized spacial score (nSPS) is 18.9. The van der Waals surface area contributed by atoms with Crippen LogP contribution in [0, 0.1) is 0 Å². The fourth-order valence-corrected chi connectivity index (χ4v) is 5.07. The van der Waals surface area contributed by atoms with Crippen LogP contribution in [0.5, 0.6) is 11.5 Å². The minimum absolute atomic E-state index is 0.000927. The third-order valence-electron chi connectivity index (χ3n) is 6.14. The molecule has 1 aromatic heterocycles. The molecule has 10 heteroatoms. The summed E-state index contributed by atoms with van der Waals surface area (Å²) in [6.07, 6.45) is 2.41. The number of hydrogen-bond donors (Lipinski definition) is 2. The Bertz CT molecular complexity index is 1410. The van der Waals surface area contributed by atoms with Gasteiger partial charge in [-0.05, 0) is 56.0 Å². The van der Waals surface area contributed by atoms with Crippen molar-refractivity contribution in [2.45, 2.75) is 31.6 Å². The molecule has 1 aliphatic carbocycles. The SMILES string of the molecule is Cn1nc(-c2cc(Cl)c(Oc3ccc4c5c3CCCC5(C)C(=O)N4)c(Cl)c2)c(=O)[nH]c1=O. The predicted octanol–water partition coefficient (Wildman–Crippen LogP) is 3.78. The fraction of sp³-hybridized carbons (Fsp3) is 0.273. The van der Waals surface area contributed by atoms with Crippen LogP contribution in [0.15, 0.2) is 33.9 Å². The van der Waals surface area contributed by atoms with Crippen LogP contribution in [0.3, 0.4) is 0 Å². The molecule has 1 aliphatic heterocycles. The maximum atomic E-state index is 12.5. The second kappa shape index (κ2) is 7.21. The standard InChI is InChI=1S/C22H18Cl2N4O4/c1-22-7-3-4-11-15(6-5-14(16(11)22)25-20(22)30)32-18-12(23)8-10(9-13(18)24)17-19(29)26-21(31)28(2)27-17/h5-6,8-9H,3-4,7H2,1-2H3,(H,25,30)(H,26,29,31). The van der Waals surface area contributed by atoms with E-state index in [0.717, 1.165) is 40.8 Å². The second-order valence-corrected chi connectivity index (χ2v) is 9.02. The van der Waals surface area contributed by atoms with Gasteiger partial charge in [0.25, 0.3) is 5.56 Å². The van der Waals surface area contributed by atoms with E-state index in [-0.39, 0.29) is 27.4 Å². The summed E-state index contributed by atoms with van der Waals surface area (Å²) < 4.78 is 7.17. The van der Waals surface area contributed by atoms with E-state index < -0.39 is 16.7 Å². The summed E-state index contributed by atoms with van der Waals surface area (Å²) in [5.74, 6) is 0.820. The molecular formula is C22H18Cl2N4O4. The summed E-state index contributed by atoms with van der Waals surface area (Å²) in [7, 11) is 1.43. The average Bonchev–Trinajstić information content (AvgIpc) is 3.00. The first-order valence-electron chi connectivity index (χ1n) is 10.0. The van der Waals surface area contributed by atoms with Crippen LogP contribution in [-0.2, 0) is 23.7 Å². The molecule has 5 rings (SSSR count). The van der Waals surface area contributed by atoms with Gasteiger partial charge in [0, 0.05) is 23.9 Å². The zero-order valence-electron chi connectivity index (χ0n) is 17.2. The van der Waals surface area contributed by atoms with Gasteiger partial charge in [-0.3, -0.25) is 14.6 Å². The lowest BCUT2D eigenvalue weighted by Crippen LogP contribution is -2.34. The quantitative estimate of drug-likeness (QED) is 0.603. The van der Waals surface area contributed by atoms with Gasteiger partial charge >= 0.3 is 5.69 Å². The Kier molecular flexibility index (Phi) is 4.69. The van der Waals surface area contributed by atoms with Crippen molar-refractivity contribution >= 4 is 34.8 Å². The Balaban J connectivity index is 1.57. The minimum atomic E-state index is -0.645. The molecule has 0 saturated heterocycles. The number of carbonyl (C=O) groups is 1. The van der Waals surface area contributed by atoms with Crippen LogP contribution < -0.4 is 21.3 Å². The molecule has 2 aliphatic rings. The van der Waals surface area contributed by atoms with Gasteiger partial charge in [0.15, 0.2) is 11.4 Å². The summed E-state index contributed by atoms with van der Waals surface area (Å²) in [5.41, 5.74) is 1.26. The third-order valence-corrected chi connectivity index (χ3v) is 6.70. The zero-order chi connectivity index (χ0) is 22.8. The van der Waals surface area contributed by atoms with E-state index in [1.807, 2.05) is 13.0 Å². The van der Waals surface area contributed by atoms with Crippen LogP contribution in [0.1, 0.15) is 30.9 Å². The smallest absolute Gasteiger partial charge is 0.344 e. The number of carbonyl (C=O) groups excluding carboxylic acids is 1. The first-order chi connectivity index (χ1) is 15.2. The van der Waals surface area contributed by atoms with E-state index in [0.29, 0.717) is 11.3 Å². The van der Waals surface area contributed by atoms with Gasteiger partial charge in [0.2, 0.25) is 5.91 Å². The number of aromatic amines is 1. The molecule has 0 saturated carbocycles. The van der Waals surface area contributed by atoms with E-state index in [4.69, 9.17) is 27.9 Å². The molecule has 2 aromatic carbocycles. The van der Waals surface area contributed by atoms with Crippen molar-refractivity contribution in [3.63, 3.8) is 0 Å². The third kappa shape index (κ3) is 3.05. The Hall–Kier alpha value is -3.10. The summed E-state index contributed by atoms with van der Waals surface area (Å²) >= 11 is 13.0. The number of benzene rings is 2. The molecule has 32 heavy (non-hydrogen) atoms. The second-order valence-electron chi connectivity index (χ2n) is 8.21. The minimum Gasteiger partial charge on any atom is -0.454 e. The van der Waals surface area contributed by atoms with Gasteiger partial charge in [-0.25, -0.2) is 9.48 Å². The molecule has 3 aromatic rings. The number of aryl methyl sites for hydroxylation is 1. The van der Waals surface area contributed by atoms with Gasteiger partial charge < -0.3 is 10.1 Å². The van der Waals surface area contributed by atoms with Crippen LogP contribution in [0.4, 0.5) is 5.69 Å². The molecule has 0 spiro atoms. The van der Waals surface area contributed by atoms with Crippen LogP contribution in [0.2, 0.25) is 10.0 Å². The Morgan fingerprint density at radius 3 is 2.59 bits per heavy atom. The molecule has 8 nitrogen and oxygen atoms in total. The number of nitrogens with one attached hydrogen (secondary N) is 2. The number of H-pyrrole nitrogens is 1. The van der Waals surface area contributed by atoms with E-state index >= 15 is 0 Å². The predicted molar refractivity (Wildman–Crippen MR) is 121 cm³/mol. The molecule has 1 atom stereocenters. The van der Waals surface area contributed by atoms with Crippen LogP contribution in [0.25, 0.3) is 11.3 Å². The van der Waals surface area contributed by atoms with Gasteiger partial charge in [-0.1, -0.05) is 23.2 Å². The van der Waals surface area contributed by atoms with Crippen molar-refractivity contribution in [3.05, 3.63) is 66.3 Å². The first-order valence-corrected chi connectivity index (χ1v) is 10.8. The number of hydrogen-bond acceptors (Lipinski definition) is 5. The van der Waals surface area contributed by atoms with Crippen molar-refractivity contribution in [2.24, 2.45) is 7.05 Å². The first kappa shape index (κ1) is 20.8. The summed E-state index contributed by atoms with van der Waals surface area (Å²) in [6.45, 7) is 1.95.